The number of aryl methyl sites for hydroxylation is 2. The van der Waals surface area contributed by atoms with E-state index in [1.807, 2.05) is 24.3 Å². The molecule has 1 atom stereocenters. The van der Waals surface area contributed by atoms with Crippen LogP contribution in [0.4, 0.5) is 11.4 Å². The van der Waals surface area contributed by atoms with Crippen molar-refractivity contribution in [1.29, 1.82) is 0 Å². The van der Waals surface area contributed by atoms with Gasteiger partial charge in [-0.15, -0.1) is 0 Å². The zero-order valence-electron chi connectivity index (χ0n) is 15.2. The normalized spacial score (nSPS) is 16.8. The third-order valence-corrected chi connectivity index (χ3v) is 4.60. The third kappa shape index (κ3) is 4.53. The fraction of sp³-hybridized carbons (Fsp3) is 0.381. The number of nitrogens with zero attached hydrogens (tertiary/aromatic N) is 1. The first-order valence-corrected chi connectivity index (χ1v) is 8.84. The number of ether oxygens (including phenoxy) is 1. The molecule has 3 rings (SSSR count). The van der Waals surface area contributed by atoms with Crippen LogP contribution in [0.2, 0.25) is 0 Å². The first-order chi connectivity index (χ1) is 12.0. The maximum absolute atomic E-state index is 11.3. The van der Waals surface area contributed by atoms with Gasteiger partial charge in [0.2, 0.25) is 5.91 Å². The van der Waals surface area contributed by atoms with Crippen molar-refractivity contribution in [3.63, 3.8) is 0 Å². The lowest BCUT2D eigenvalue weighted by atomic mass is 10.1. The second-order valence-electron chi connectivity index (χ2n) is 6.92. The molecule has 25 heavy (non-hydrogen) atoms. The van der Waals surface area contributed by atoms with Gasteiger partial charge in [-0.1, -0.05) is 18.2 Å². The average Bonchev–Trinajstić information content (AvgIpc) is 3.02. The SMILES string of the molecule is CC(=O)Nc1cc(C)cc(N2CCC(COc3ccccc3C)C2)c1. The minimum absolute atomic E-state index is 0.0394. The van der Waals surface area contributed by atoms with Crippen LogP contribution in [0.25, 0.3) is 0 Å². The van der Waals surface area contributed by atoms with Crippen LogP contribution in [-0.4, -0.2) is 25.6 Å². The van der Waals surface area contributed by atoms with Gasteiger partial charge in [0.25, 0.3) is 0 Å². The van der Waals surface area contributed by atoms with Gasteiger partial charge >= 0.3 is 0 Å². The molecule has 1 unspecified atom stereocenters. The fourth-order valence-electron chi connectivity index (χ4n) is 3.35. The summed E-state index contributed by atoms with van der Waals surface area (Å²) in [7, 11) is 0. The largest absolute Gasteiger partial charge is 0.493 e. The Balaban J connectivity index is 1.62. The average molecular weight is 338 g/mol. The van der Waals surface area contributed by atoms with E-state index >= 15 is 0 Å². The topological polar surface area (TPSA) is 41.6 Å². The molecule has 1 saturated heterocycles. The van der Waals surface area contributed by atoms with Crippen molar-refractivity contribution in [3.05, 3.63) is 53.6 Å². The number of rotatable bonds is 5. The number of para-hydroxylation sites is 1. The molecule has 1 aliphatic rings. The Hall–Kier alpha value is -2.49. The second-order valence-corrected chi connectivity index (χ2v) is 6.92. The fourth-order valence-corrected chi connectivity index (χ4v) is 3.35. The molecule has 0 aliphatic carbocycles. The van der Waals surface area contributed by atoms with E-state index in [4.69, 9.17) is 4.74 Å². The molecule has 1 amide bonds. The quantitative estimate of drug-likeness (QED) is 0.890. The second kappa shape index (κ2) is 7.60. The van der Waals surface area contributed by atoms with Gasteiger partial charge < -0.3 is 15.0 Å². The Morgan fingerprint density at radius 2 is 2.04 bits per heavy atom. The molecular weight excluding hydrogens is 312 g/mol. The van der Waals surface area contributed by atoms with Crippen molar-refractivity contribution in [2.45, 2.75) is 27.2 Å². The zero-order chi connectivity index (χ0) is 17.8. The highest BCUT2D eigenvalue weighted by Crippen LogP contribution is 2.28. The molecule has 1 fully saturated rings. The summed E-state index contributed by atoms with van der Waals surface area (Å²) in [5.74, 6) is 1.45. The van der Waals surface area contributed by atoms with Crippen molar-refractivity contribution in [2.75, 3.05) is 29.9 Å². The lowest BCUT2D eigenvalue weighted by molar-refractivity contribution is -0.114. The maximum Gasteiger partial charge on any atom is 0.221 e. The maximum atomic E-state index is 11.3. The third-order valence-electron chi connectivity index (χ3n) is 4.60. The summed E-state index contributed by atoms with van der Waals surface area (Å²) in [5, 5.41) is 2.88. The Bertz CT molecular complexity index is 757. The monoisotopic (exact) mass is 338 g/mol. The molecule has 0 radical (unpaired) electrons. The Labute approximate surface area is 149 Å². The number of carbonyl (C=O) groups is 1. The first-order valence-electron chi connectivity index (χ1n) is 8.84. The van der Waals surface area contributed by atoms with Gasteiger partial charge in [0, 0.05) is 37.3 Å². The first kappa shape index (κ1) is 17.3. The van der Waals surface area contributed by atoms with E-state index in [2.05, 4.69) is 42.3 Å². The van der Waals surface area contributed by atoms with Gasteiger partial charge in [0.15, 0.2) is 0 Å². The van der Waals surface area contributed by atoms with Crippen LogP contribution in [0.1, 0.15) is 24.5 Å². The van der Waals surface area contributed by atoms with Crippen LogP contribution in [0.5, 0.6) is 5.75 Å². The summed E-state index contributed by atoms with van der Waals surface area (Å²) in [6.45, 7) is 8.42. The molecule has 0 aromatic heterocycles. The summed E-state index contributed by atoms with van der Waals surface area (Å²) in [6, 6.07) is 14.4. The van der Waals surface area contributed by atoms with Crippen molar-refractivity contribution < 1.29 is 9.53 Å². The summed E-state index contributed by atoms with van der Waals surface area (Å²) in [4.78, 5) is 13.7. The smallest absolute Gasteiger partial charge is 0.221 e. The Morgan fingerprint density at radius 1 is 1.24 bits per heavy atom. The van der Waals surface area contributed by atoms with E-state index in [-0.39, 0.29) is 5.91 Å². The Kier molecular flexibility index (Phi) is 5.27. The van der Waals surface area contributed by atoms with E-state index in [1.54, 1.807) is 0 Å². The van der Waals surface area contributed by atoms with E-state index in [0.717, 1.165) is 43.1 Å². The van der Waals surface area contributed by atoms with Crippen molar-refractivity contribution >= 4 is 17.3 Å². The minimum Gasteiger partial charge on any atom is -0.493 e. The van der Waals surface area contributed by atoms with Crippen molar-refractivity contribution in [1.82, 2.24) is 0 Å². The molecule has 0 spiro atoms. The molecule has 1 N–H and O–H groups in total. The van der Waals surface area contributed by atoms with E-state index in [0.29, 0.717) is 5.92 Å². The van der Waals surface area contributed by atoms with Crippen LogP contribution >= 0.6 is 0 Å². The molecule has 0 saturated carbocycles. The van der Waals surface area contributed by atoms with Gasteiger partial charge in [0.05, 0.1) is 6.61 Å². The number of hydrogen-bond donors (Lipinski definition) is 1. The van der Waals surface area contributed by atoms with Gasteiger partial charge in [-0.25, -0.2) is 0 Å². The summed E-state index contributed by atoms with van der Waals surface area (Å²) >= 11 is 0. The van der Waals surface area contributed by atoms with E-state index in [9.17, 15) is 4.79 Å². The van der Waals surface area contributed by atoms with Gasteiger partial charge in [0.1, 0.15) is 5.75 Å². The molecule has 4 nitrogen and oxygen atoms in total. The van der Waals surface area contributed by atoms with Crippen LogP contribution in [0, 0.1) is 19.8 Å². The van der Waals surface area contributed by atoms with Crippen LogP contribution < -0.4 is 15.0 Å². The van der Waals surface area contributed by atoms with Crippen LogP contribution in [-0.2, 0) is 4.79 Å². The summed E-state index contributed by atoms with van der Waals surface area (Å²) in [6.07, 6.45) is 1.12. The number of hydrogen-bond acceptors (Lipinski definition) is 3. The molecule has 2 aromatic carbocycles. The standard InChI is InChI=1S/C21H26N2O2/c1-15-10-19(22-17(3)24)12-20(11-15)23-9-8-18(13-23)14-25-21-7-5-4-6-16(21)2/h4-7,10-12,18H,8-9,13-14H2,1-3H3,(H,22,24). The predicted molar refractivity (Wildman–Crippen MR) is 102 cm³/mol. The lowest BCUT2D eigenvalue weighted by Gasteiger charge is -2.21. The zero-order valence-corrected chi connectivity index (χ0v) is 15.2. The number of amides is 1. The summed E-state index contributed by atoms with van der Waals surface area (Å²) in [5.41, 5.74) is 4.36. The molecule has 4 heteroatoms. The number of anilines is 2. The number of benzene rings is 2. The molecule has 0 bridgehead atoms. The van der Waals surface area contributed by atoms with E-state index < -0.39 is 0 Å². The van der Waals surface area contributed by atoms with Gasteiger partial charge in [-0.2, -0.15) is 0 Å². The number of nitrogens with one attached hydrogen (secondary N) is 1. The van der Waals surface area contributed by atoms with Crippen molar-refractivity contribution in [2.24, 2.45) is 5.92 Å². The van der Waals surface area contributed by atoms with Crippen LogP contribution in [0.15, 0.2) is 42.5 Å². The molecule has 132 valence electrons. The molecule has 1 aliphatic heterocycles. The van der Waals surface area contributed by atoms with Gasteiger partial charge in [-0.3, -0.25) is 4.79 Å². The van der Waals surface area contributed by atoms with E-state index in [1.165, 1.54) is 18.2 Å². The van der Waals surface area contributed by atoms with Crippen LogP contribution in [0.3, 0.4) is 0 Å². The number of carbonyl (C=O) groups excluding carboxylic acids is 1. The predicted octanol–water partition coefficient (Wildman–Crippen LogP) is 4.17. The van der Waals surface area contributed by atoms with Crippen molar-refractivity contribution in [3.8, 4) is 5.75 Å². The molecular formula is C21H26N2O2. The highest BCUT2D eigenvalue weighted by Gasteiger charge is 2.24. The minimum atomic E-state index is -0.0394. The summed E-state index contributed by atoms with van der Waals surface area (Å²) < 4.78 is 6.02. The van der Waals surface area contributed by atoms with Gasteiger partial charge in [-0.05, 0) is 55.7 Å². The Morgan fingerprint density at radius 3 is 2.80 bits per heavy atom. The highest BCUT2D eigenvalue weighted by molar-refractivity contribution is 5.89. The molecule has 1 heterocycles. The molecule has 2 aromatic rings. The lowest BCUT2D eigenvalue weighted by Crippen LogP contribution is -2.22. The highest BCUT2D eigenvalue weighted by atomic mass is 16.5.